The van der Waals surface area contributed by atoms with Crippen LogP contribution in [0.3, 0.4) is 0 Å². The molecule has 12 heteroatoms. The zero-order valence-electron chi connectivity index (χ0n) is 19.5. The molecule has 0 saturated carbocycles. The Morgan fingerprint density at radius 2 is 1.56 bits per heavy atom. The van der Waals surface area contributed by atoms with E-state index in [1.807, 2.05) is 13.1 Å². The molecular formula is C22H32F3N9. The maximum absolute atomic E-state index is 12.8. The second kappa shape index (κ2) is 11.0. The van der Waals surface area contributed by atoms with E-state index in [0.29, 0.717) is 19.6 Å². The molecule has 2 aromatic heterocycles. The SMILES string of the molecule is CN(CCNc1cc(N2CCCC2)nc(N2CCCC2)n1)CCNc1nccc(C(F)(F)F)n1. The molecule has 0 aliphatic carbocycles. The third-order valence-electron chi connectivity index (χ3n) is 6.04. The van der Waals surface area contributed by atoms with Gasteiger partial charge in [-0.15, -0.1) is 0 Å². The van der Waals surface area contributed by atoms with Gasteiger partial charge in [-0.2, -0.15) is 23.1 Å². The molecule has 0 bridgehead atoms. The third kappa shape index (κ3) is 6.58. The molecule has 2 saturated heterocycles. The highest BCUT2D eigenvalue weighted by molar-refractivity contribution is 5.55. The molecule has 0 aromatic carbocycles. The number of nitrogens with one attached hydrogen (secondary N) is 2. The van der Waals surface area contributed by atoms with Crippen molar-refractivity contribution in [1.82, 2.24) is 24.8 Å². The lowest BCUT2D eigenvalue weighted by atomic mass is 10.4. The summed E-state index contributed by atoms with van der Waals surface area (Å²) in [4.78, 5) is 23.6. The van der Waals surface area contributed by atoms with Crippen LogP contribution in [0, 0.1) is 0 Å². The van der Waals surface area contributed by atoms with Crippen LogP contribution >= 0.6 is 0 Å². The van der Waals surface area contributed by atoms with E-state index in [1.165, 1.54) is 25.7 Å². The summed E-state index contributed by atoms with van der Waals surface area (Å²) in [5, 5.41) is 6.28. The van der Waals surface area contributed by atoms with E-state index < -0.39 is 11.9 Å². The summed E-state index contributed by atoms with van der Waals surface area (Å²) in [6.45, 7) is 6.54. The standard InChI is InChI=1S/C22H32F3N9/c1-32(15-9-28-20-27-7-6-17(29-20)22(23,24)25)14-8-26-18-16-19(33-10-2-3-11-33)31-21(30-18)34-12-4-5-13-34/h6-7,16H,2-5,8-15H2,1H3,(H,26,30,31)(H,27,28,29). The van der Waals surface area contributed by atoms with E-state index in [4.69, 9.17) is 9.97 Å². The molecule has 2 N–H and O–H groups in total. The summed E-state index contributed by atoms with van der Waals surface area (Å²) in [6, 6.07) is 2.89. The molecule has 0 spiro atoms. The minimum atomic E-state index is -4.48. The first-order valence-electron chi connectivity index (χ1n) is 11.8. The highest BCUT2D eigenvalue weighted by atomic mass is 19.4. The van der Waals surface area contributed by atoms with Gasteiger partial charge < -0.3 is 25.3 Å². The zero-order valence-corrected chi connectivity index (χ0v) is 19.5. The predicted octanol–water partition coefficient (Wildman–Crippen LogP) is 2.94. The molecule has 0 unspecified atom stereocenters. The van der Waals surface area contributed by atoms with Gasteiger partial charge in [0.2, 0.25) is 11.9 Å². The Morgan fingerprint density at radius 1 is 0.912 bits per heavy atom. The Bertz CT molecular complexity index is 894. The first-order chi connectivity index (χ1) is 16.4. The van der Waals surface area contributed by atoms with E-state index in [0.717, 1.165) is 62.6 Å². The lowest BCUT2D eigenvalue weighted by molar-refractivity contribution is -0.141. The van der Waals surface area contributed by atoms with Gasteiger partial charge in [0.15, 0.2) is 0 Å². The van der Waals surface area contributed by atoms with Gasteiger partial charge in [-0.3, -0.25) is 0 Å². The average Bonchev–Trinajstić information content (AvgIpc) is 3.53. The summed E-state index contributed by atoms with van der Waals surface area (Å²) < 4.78 is 38.3. The zero-order chi connectivity index (χ0) is 24.0. The second-order valence-electron chi connectivity index (χ2n) is 8.72. The van der Waals surface area contributed by atoms with Crippen molar-refractivity contribution in [3.05, 3.63) is 24.0 Å². The quantitative estimate of drug-likeness (QED) is 0.534. The number of aromatic nitrogens is 4. The first-order valence-corrected chi connectivity index (χ1v) is 11.8. The minimum Gasteiger partial charge on any atom is -0.369 e. The van der Waals surface area contributed by atoms with E-state index in [2.05, 4.69) is 35.3 Å². The number of likely N-dealkylation sites (N-methyl/N-ethyl adjacent to an activating group) is 1. The largest absolute Gasteiger partial charge is 0.433 e. The van der Waals surface area contributed by atoms with Crippen LogP contribution in [-0.2, 0) is 6.18 Å². The first kappa shape index (κ1) is 24.2. The summed E-state index contributed by atoms with van der Waals surface area (Å²) in [5.74, 6) is 2.58. The lowest BCUT2D eigenvalue weighted by Gasteiger charge is -2.22. The van der Waals surface area contributed by atoms with Crippen LogP contribution in [0.15, 0.2) is 18.3 Å². The molecule has 9 nitrogen and oxygen atoms in total. The van der Waals surface area contributed by atoms with E-state index in [1.54, 1.807) is 0 Å². The number of hydrogen-bond donors (Lipinski definition) is 2. The average molecular weight is 480 g/mol. The molecule has 2 fully saturated rings. The Labute approximate surface area is 197 Å². The van der Waals surface area contributed by atoms with Crippen LogP contribution in [-0.4, -0.2) is 84.2 Å². The number of hydrogen-bond acceptors (Lipinski definition) is 9. The van der Waals surface area contributed by atoms with Gasteiger partial charge in [0.1, 0.15) is 17.3 Å². The second-order valence-corrected chi connectivity index (χ2v) is 8.72. The molecule has 186 valence electrons. The molecular weight excluding hydrogens is 447 g/mol. The maximum atomic E-state index is 12.8. The summed E-state index contributed by atoms with van der Waals surface area (Å²) in [5.41, 5.74) is -0.950. The van der Waals surface area contributed by atoms with Crippen molar-refractivity contribution in [3.8, 4) is 0 Å². The highest BCUT2D eigenvalue weighted by Crippen LogP contribution is 2.27. The van der Waals surface area contributed by atoms with Gasteiger partial charge in [-0.1, -0.05) is 0 Å². The van der Waals surface area contributed by atoms with Gasteiger partial charge in [-0.25, -0.2) is 9.97 Å². The summed E-state index contributed by atoms with van der Waals surface area (Å²) >= 11 is 0. The minimum absolute atomic E-state index is 0.0220. The smallest absolute Gasteiger partial charge is 0.369 e. The van der Waals surface area contributed by atoms with Gasteiger partial charge in [0.05, 0.1) is 0 Å². The van der Waals surface area contributed by atoms with Crippen molar-refractivity contribution >= 4 is 23.5 Å². The van der Waals surface area contributed by atoms with Crippen molar-refractivity contribution in [2.75, 3.05) is 79.8 Å². The number of anilines is 4. The number of nitrogens with zero attached hydrogens (tertiary/aromatic N) is 7. The molecule has 0 amide bonds. The van der Waals surface area contributed by atoms with E-state index in [9.17, 15) is 13.2 Å². The van der Waals surface area contributed by atoms with Crippen LogP contribution < -0.4 is 20.4 Å². The number of rotatable bonds is 10. The van der Waals surface area contributed by atoms with Crippen molar-refractivity contribution < 1.29 is 13.2 Å². The fraction of sp³-hybridized carbons (Fsp3) is 0.636. The van der Waals surface area contributed by atoms with Crippen molar-refractivity contribution in [1.29, 1.82) is 0 Å². The number of alkyl halides is 3. The van der Waals surface area contributed by atoms with Crippen LogP contribution in [0.5, 0.6) is 0 Å². The summed E-state index contributed by atoms with van der Waals surface area (Å²) in [6.07, 6.45) is 1.35. The highest BCUT2D eigenvalue weighted by Gasteiger charge is 2.32. The Hall–Kier alpha value is -2.89. The van der Waals surface area contributed by atoms with Crippen molar-refractivity contribution in [3.63, 3.8) is 0 Å². The monoisotopic (exact) mass is 479 g/mol. The molecule has 0 atom stereocenters. The lowest BCUT2D eigenvalue weighted by Crippen LogP contribution is -2.30. The Kier molecular flexibility index (Phi) is 7.86. The van der Waals surface area contributed by atoms with Gasteiger partial charge in [-0.05, 0) is 38.8 Å². The van der Waals surface area contributed by atoms with Crippen molar-refractivity contribution in [2.45, 2.75) is 31.9 Å². The fourth-order valence-electron chi connectivity index (χ4n) is 4.13. The molecule has 4 rings (SSSR count). The molecule has 2 aliphatic rings. The Balaban J connectivity index is 1.26. The van der Waals surface area contributed by atoms with Crippen LogP contribution in [0.4, 0.5) is 36.7 Å². The Morgan fingerprint density at radius 3 is 2.24 bits per heavy atom. The van der Waals surface area contributed by atoms with Crippen molar-refractivity contribution in [2.24, 2.45) is 0 Å². The van der Waals surface area contributed by atoms with Crippen LogP contribution in [0.2, 0.25) is 0 Å². The molecule has 0 radical (unpaired) electrons. The molecule has 4 heterocycles. The molecule has 34 heavy (non-hydrogen) atoms. The van der Waals surface area contributed by atoms with Gasteiger partial charge in [0.25, 0.3) is 0 Å². The fourth-order valence-corrected chi connectivity index (χ4v) is 4.13. The molecule has 2 aliphatic heterocycles. The predicted molar refractivity (Wildman–Crippen MR) is 126 cm³/mol. The maximum Gasteiger partial charge on any atom is 0.433 e. The van der Waals surface area contributed by atoms with Crippen LogP contribution in [0.1, 0.15) is 31.4 Å². The summed E-state index contributed by atoms with van der Waals surface area (Å²) in [7, 11) is 1.96. The van der Waals surface area contributed by atoms with Crippen LogP contribution in [0.25, 0.3) is 0 Å². The van der Waals surface area contributed by atoms with E-state index in [-0.39, 0.29) is 5.95 Å². The topological polar surface area (TPSA) is 85.3 Å². The van der Waals surface area contributed by atoms with Gasteiger partial charge >= 0.3 is 6.18 Å². The molecule has 2 aromatic rings. The van der Waals surface area contributed by atoms with E-state index >= 15 is 0 Å². The van der Waals surface area contributed by atoms with Gasteiger partial charge in [0, 0.05) is 64.6 Å². The normalized spacial score (nSPS) is 16.5. The third-order valence-corrected chi connectivity index (χ3v) is 6.04. The number of halogens is 3.